The van der Waals surface area contributed by atoms with Gasteiger partial charge in [0.05, 0.1) is 24.9 Å². The lowest BCUT2D eigenvalue weighted by Crippen LogP contribution is -2.48. The van der Waals surface area contributed by atoms with Crippen LogP contribution in [0, 0.1) is 11.8 Å². The summed E-state index contributed by atoms with van der Waals surface area (Å²) in [6.07, 6.45) is 3.43. The van der Waals surface area contributed by atoms with Crippen molar-refractivity contribution in [3.8, 4) is 0 Å². The molecule has 3 aliphatic rings. The predicted octanol–water partition coefficient (Wildman–Crippen LogP) is 2.94. The Morgan fingerprint density at radius 3 is 2.56 bits per heavy atom. The Morgan fingerprint density at radius 1 is 1.15 bits per heavy atom. The van der Waals surface area contributed by atoms with Gasteiger partial charge in [-0.15, -0.1) is 0 Å². The van der Waals surface area contributed by atoms with Crippen molar-refractivity contribution in [1.29, 1.82) is 0 Å². The topological polar surface area (TPSA) is 138 Å². The summed E-state index contributed by atoms with van der Waals surface area (Å²) in [4.78, 5) is 51.1. The molecular weight excluding hydrogens is 532 g/mol. The highest BCUT2D eigenvalue weighted by molar-refractivity contribution is 5.89. The molecule has 222 valence electrons. The average molecular weight is 571 g/mol. The second-order valence-electron chi connectivity index (χ2n) is 11.3. The van der Waals surface area contributed by atoms with Crippen LogP contribution in [0.3, 0.4) is 0 Å². The monoisotopic (exact) mass is 570 g/mol. The highest BCUT2D eigenvalue weighted by atomic mass is 16.7. The second kappa shape index (κ2) is 13.2. The van der Waals surface area contributed by atoms with Crippen LogP contribution >= 0.6 is 0 Å². The number of rotatable bonds is 9. The molecule has 11 nitrogen and oxygen atoms in total. The van der Waals surface area contributed by atoms with Crippen molar-refractivity contribution >= 4 is 24.0 Å². The third-order valence-corrected chi connectivity index (χ3v) is 7.15. The van der Waals surface area contributed by atoms with Crippen LogP contribution in [-0.4, -0.2) is 68.2 Å². The summed E-state index contributed by atoms with van der Waals surface area (Å²) in [5.41, 5.74) is 1.00. The fourth-order valence-corrected chi connectivity index (χ4v) is 5.22. The Kier molecular flexibility index (Phi) is 9.69. The predicted molar refractivity (Wildman–Crippen MR) is 146 cm³/mol. The number of alkyl carbamates (subject to hydrolysis) is 1. The highest BCUT2D eigenvalue weighted by Gasteiger charge is 2.47. The molecule has 5 atom stereocenters. The minimum absolute atomic E-state index is 0.0341. The largest absolute Gasteiger partial charge is 0.466 e. The summed E-state index contributed by atoms with van der Waals surface area (Å²) >= 11 is 0. The molecule has 0 radical (unpaired) electrons. The van der Waals surface area contributed by atoms with Crippen molar-refractivity contribution in [2.75, 3.05) is 20.3 Å². The fraction of sp³-hybridized carbons (Fsp3) is 0.533. The summed E-state index contributed by atoms with van der Waals surface area (Å²) in [6, 6.07) is 7.74. The lowest BCUT2D eigenvalue weighted by atomic mass is 9.83. The molecule has 2 N–H and O–H groups in total. The van der Waals surface area contributed by atoms with E-state index < -0.39 is 47.8 Å². The van der Waals surface area contributed by atoms with Crippen LogP contribution < -0.4 is 10.6 Å². The fourth-order valence-electron chi connectivity index (χ4n) is 5.22. The molecule has 2 aliphatic heterocycles. The number of amides is 1. The van der Waals surface area contributed by atoms with Gasteiger partial charge in [0.2, 0.25) is 0 Å². The van der Waals surface area contributed by atoms with E-state index in [1.807, 2.05) is 36.4 Å². The van der Waals surface area contributed by atoms with Crippen molar-refractivity contribution in [3.63, 3.8) is 0 Å². The highest BCUT2D eigenvalue weighted by Crippen LogP contribution is 2.44. The van der Waals surface area contributed by atoms with Gasteiger partial charge >= 0.3 is 24.0 Å². The summed E-state index contributed by atoms with van der Waals surface area (Å²) in [6.45, 7) is 5.90. The van der Waals surface area contributed by atoms with Gasteiger partial charge in [0.1, 0.15) is 24.3 Å². The number of nitrogens with one attached hydrogen (secondary N) is 2. The van der Waals surface area contributed by atoms with Crippen molar-refractivity contribution in [1.82, 2.24) is 10.6 Å². The number of hydrogen-bond acceptors (Lipinski definition) is 10. The first-order chi connectivity index (χ1) is 19.6. The Hall–Kier alpha value is -3.86. The minimum Gasteiger partial charge on any atom is -0.466 e. The van der Waals surface area contributed by atoms with Crippen LogP contribution in [0.15, 0.2) is 53.8 Å². The number of ether oxygens (including phenoxy) is 5. The summed E-state index contributed by atoms with van der Waals surface area (Å²) in [5, 5.41) is 5.73. The van der Waals surface area contributed by atoms with Crippen molar-refractivity contribution in [2.45, 2.75) is 70.4 Å². The van der Waals surface area contributed by atoms with E-state index in [-0.39, 0.29) is 25.0 Å². The number of carbonyl (C=O) groups excluding carboxylic acids is 4. The lowest BCUT2D eigenvalue weighted by molar-refractivity contribution is -0.185. The summed E-state index contributed by atoms with van der Waals surface area (Å²) in [5.74, 6) is -2.65. The van der Waals surface area contributed by atoms with Crippen LogP contribution in [0.2, 0.25) is 0 Å². The molecule has 1 saturated heterocycles. The SMILES string of the molecule is COC(=O)C1=CO[C@@H](OC(=O)[C@H](Cc2ccccc2)NC(=O)OC(C)(C)C)[C@@H]2C(COC(=O)C3CCCN3)=CC[C@H]12. The number of allylic oxidation sites excluding steroid dienone is 1. The molecule has 0 aromatic heterocycles. The van der Waals surface area contributed by atoms with E-state index in [0.29, 0.717) is 24.0 Å². The summed E-state index contributed by atoms with van der Waals surface area (Å²) < 4.78 is 27.5. The van der Waals surface area contributed by atoms with Gasteiger partial charge < -0.3 is 34.3 Å². The number of fused-ring (bicyclic) bond motifs is 1. The van der Waals surface area contributed by atoms with E-state index in [2.05, 4.69) is 10.6 Å². The van der Waals surface area contributed by atoms with Gasteiger partial charge in [-0.2, -0.15) is 0 Å². The zero-order valence-corrected chi connectivity index (χ0v) is 23.8. The number of methoxy groups -OCH3 is 1. The average Bonchev–Trinajstić information content (AvgIpc) is 3.62. The molecule has 1 fully saturated rings. The van der Waals surface area contributed by atoms with Gasteiger partial charge in [0.15, 0.2) is 0 Å². The maximum atomic E-state index is 13.5. The molecule has 1 aliphatic carbocycles. The van der Waals surface area contributed by atoms with E-state index >= 15 is 0 Å². The molecule has 1 aromatic rings. The molecule has 11 heteroatoms. The molecular formula is C30H38N2O9. The molecule has 4 rings (SSSR count). The van der Waals surface area contributed by atoms with E-state index in [1.165, 1.54) is 13.4 Å². The molecule has 1 aromatic carbocycles. The zero-order chi connectivity index (χ0) is 29.6. The van der Waals surface area contributed by atoms with Gasteiger partial charge in [-0.1, -0.05) is 36.4 Å². The summed E-state index contributed by atoms with van der Waals surface area (Å²) in [7, 11) is 1.28. The minimum atomic E-state index is -1.13. The smallest absolute Gasteiger partial charge is 0.408 e. The Bertz CT molecular complexity index is 1180. The van der Waals surface area contributed by atoms with E-state index in [4.69, 9.17) is 23.7 Å². The van der Waals surface area contributed by atoms with Gasteiger partial charge in [-0.25, -0.2) is 14.4 Å². The first kappa shape index (κ1) is 30.1. The van der Waals surface area contributed by atoms with E-state index in [1.54, 1.807) is 20.8 Å². The first-order valence-corrected chi connectivity index (χ1v) is 13.8. The zero-order valence-electron chi connectivity index (χ0n) is 23.8. The molecule has 2 heterocycles. The third-order valence-electron chi connectivity index (χ3n) is 7.15. The van der Waals surface area contributed by atoms with Crippen LogP contribution in [0.4, 0.5) is 4.79 Å². The molecule has 0 saturated carbocycles. The maximum Gasteiger partial charge on any atom is 0.408 e. The quantitative estimate of drug-likeness (QED) is 0.259. The van der Waals surface area contributed by atoms with Gasteiger partial charge in [-0.3, -0.25) is 4.79 Å². The third kappa shape index (κ3) is 7.87. The number of carbonyl (C=O) groups is 4. The van der Waals surface area contributed by atoms with Crippen molar-refractivity contribution in [3.05, 3.63) is 59.4 Å². The normalized spacial score (nSPS) is 24.1. The number of hydrogen-bond donors (Lipinski definition) is 2. The number of benzene rings is 1. The standard InChI is InChI=1S/C30H38N2O9/c1-30(2,3)41-29(36)32-23(15-18-9-6-5-7-10-18)27(35)40-28-24-19(16-38-26(34)22-11-8-14-31-22)12-13-20(24)21(17-39-28)25(33)37-4/h5-7,9-10,12,17,20,22-24,28,31H,8,11,13-16H2,1-4H3,(H,32,36)/t20-,22?,23+,24-,28+/m1/s1. The molecule has 41 heavy (non-hydrogen) atoms. The van der Waals surface area contributed by atoms with Crippen LogP contribution in [0.25, 0.3) is 0 Å². The molecule has 1 unspecified atom stereocenters. The number of esters is 3. The van der Waals surface area contributed by atoms with Crippen LogP contribution in [0.1, 0.15) is 45.6 Å². The molecule has 1 amide bonds. The Labute approximate surface area is 239 Å². The maximum absolute atomic E-state index is 13.5. The second-order valence-corrected chi connectivity index (χ2v) is 11.3. The van der Waals surface area contributed by atoms with Gasteiger partial charge in [0.25, 0.3) is 6.29 Å². The Balaban J connectivity index is 1.51. The van der Waals surface area contributed by atoms with Crippen LogP contribution in [-0.2, 0) is 44.5 Å². The first-order valence-electron chi connectivity index (χ1n) is 13.8. The van der Waals surface area contributed by atoms with E-state index in [0.717, 1.165) is 18.5 Å². The van der Waals surface area contributed by atoms with Crippen molar-refractivity contribution < 1.29 is 42.9 Å². The van der Waals surface area contributed by atoms with Gasteiger partial charge in [-0.05, 0) is 57.7 Å². The van der Waals surface area contributed by atoms with Crippen LogP contribution in [0.5, 0.6) is 0 Å². The molecule has 0 bridgehead atoms. The van der Waals surface area contributed by atoms with E-state index in [9.17, 15) is 19.2 Å². The van der Waals surface area contributed by atoms with Crippen molar-refractivity contribution in [2.24, 2.45) is 11.8 Å². The Morgan fingerprint density at radius 2 is 1.90 bits per heavy atom. The van der Waals surface area contributed by atoms with Gasteiger partial charge in [0, 0.05) is 12.3 Å². The molecule has 0 spiro atoms. The lowest BCUT2D eigenvalue weighted by Gasteiger charge is -2.35.